The molecule has 17 heavy (non-hydrogen) atoms. The first-order valence-corrected chi connectivity index (χ1v) is 5.68. The predicted molar refractivity (Wildman–Crippen MR) is 65.7 cm³/mol. The zero-order valence-electron chi connectivity index (χ0n) is 9.68. The highest BCUT2D eigenvalue weighted by atomic mass is 16.6. The molecule has 1 aliphatic heterocycles. The van der Waals surface area contributed by atoms with Crippen LogP contribution in [0.1, 0.15) is 0 Å². The number of hydrogen-bond donors (Lipinski definition) is 0. The van der Waals surface area contributed by atoms with Gasteiger partial charge in [-0.05, 0) is 23.6 Å². The van der Waals surface area contributed by atoms with Gasteiger partial charge in [-0.1, -0.05) is 18.2 Å². The Morgan fingerprint density at radius 2 is 2.18 bits per heavy atom. The average molecular weight is 230 g/mol. The fourth-order valence-electron chi connectivity index (χ4n) is 1.82. The highest BCUT2D eigenvalue weighted by Gasteiger charge is 2.23. The maximum absolute atomic E-state index is 5.76. The summed E-state index contributed by atoms with van der Waals surface area (Å²) < 4.78 is 16.1. The number of fused-ring (bicyclic) bond motifs is 1. The largest absolute Gasteiger partial charge is 0.497 e. The van der Waals surface area contributed by atoms with Crippen LogP contribution in [0.4, 0.5) is 0 Å². The van der Waals surface area contributed by atoms with E-state index in [0.717, 1.165) is 28.9 Å². The Morgan fingerprint density at radius 3 is 2.94 bits per heavy atom. The van der Waals surface area contributed by atoms with Crippen molar-refractivity contribution in [3.63, 3.8) is 0 Å². The summed E-state index contributed by atoms with van der Waals surface area (Å²) in [6.07, 6.45) is 0.274. The average Bonchev–Trinajstić information content (AvgIpc) is 3.19. The minimum Gasteiger partial charge on any atom is -0.497 e. The third-order valence-corrected chi connectivity index (χ3v) is 2.88. The normalized spacial score (nSPS) is 18.1. The molecule has 2 aromatic carbocycles. The Labute approximate surface area is 99.9 Å². The van der Waals surface area contributed by atoms with Crippen LogP contribution in [0.15, 0.2) is 36.4 Å². The molecule has 88 valence electrons. The molecule has 1 aliphatic rings. The standard InChI is InChI=1S/C14H14O3/c1-15-11-6-5-10-3-2-4-14(13(10)7-11)17-9-12-8-16-12/h2-7,12H,8-9H2,1H3. The summed E-state index contributed by atoms with van der Waals surface area (Å²) in [6.45, 7) is 1.43. The highest BCUT2D eigenvalue weighted by molar-refractivity contribution is 5.89. The second-order valence-corrected chi connectivity index (χ2v) is 4.11. The minimum absolute atomic E-state index is 0.274. The van der Waals surface area contributed by atoms with Crippen molar-refractivity contribution >= 4 is 10.8 Å². The SMILES string of the molecule is COc1ccc2cccc(OCC3CO3)c2c1. The van der Waals surface area contributed by atoms with Gasteiger partial charge in [-0.15, -0.1) is 0 Å². The summed E-state index contributed by atoms with van der Waals surface area (Å²) in [4.78, 5) is 0. The lowest BCUT2D eigenvalue weighted by atomic mass is 10.1. The van der Waals surface area contributed by atoms with Crippen LogP contribution >= 0.6 is 0 Å². The molecule has 3 heteroatoms. The van der Waals surface area contributed by atoms with Crippen molar-refractivity contribution < 1.29 is 14.2 Å². The van der Waals surface area contributed by atoms with Crippen molar-refractivity contribution in [2.45, 2.75) is 6.10 Å². The molecule has 0 radical (unpaired) electrons. The van der Waals surface area contributed by atoms with E-state index in [-0.39, 0.29) is 6.10 Å². The zero-order chi connectivity index (χ0) is 11.7. The Morgan fingerprint density at radius 1 is 1.29 bits per heavy atom. The van der Waals surface area contributed by atoms with Gasteiger partial charge in [0, 0.05) is 5.39 Å². The van der Waals surface area contributed by atoms with Gasteiger partial charge in [-0.25, -0.2) is 0 Å². The molecule has 0 N–H and O–H groups in total. The number of benzene rings is 2. The Kier molecular flexibility index (Phi) is 2.61. The Hall–Kier alpha value is -1.74. The quantitative estimate of drug-likeness (QED) is 0.756. The smallest absolute Gasteiger partial charge is 0.127 e. The van der Waals surface area contributed by atoms with E-state index in [2.05, 4.69) is 6.07 Å². The van der Waals surface area contributed by atoms with E-state index in [0.29, 0.717) is 6.61 Å². The van der Waals surface area contributed by atoms with Crippen molar-refractivity contribution in [3.05, 3.63) is 36.4 Å². The van der Waals surface area contributed by atoms with E-state index in [4.69, 9.17) is 14.2 Å². The summed E-state index contributed by atoms with van der Waals surface area (Å²) in [5, 5.41) is 2.23. The number of methoxy groups -OCH3 is 1. The van der Waals surface area contributed by atoms with Gasteiger partial charge >= 0.3 is 0 Å². The first kappa shape index (κ1) is 10.4. The summed E-state index contributed by atoms with van der Waals surface area (Å²) in [7, 11) is 1.67. The molecule has 1 unspecified atom stereocenters. The third kappa shape index (κ3) is 2.19. The van der Waals surface area contributed by atoms with E-state index in [1.807, 2.05) is 30.3 Å². The molecule has 1 atom stereocenters. The van der Waals surface area contributed by atoms with Crippen LogP contribution in [-0.2, 0) is 4.74 Å². The minimum atomic E-state index is 0.274. The Bertz CT molecular complexity index is 532. The predicted octanol–water partition coefficient (Wildman–Crippen LogP) is 2.63. The van der Waals surface area contributed by atoms with Gasteiger partial charge in [-0.2, -0.15) is 0 Å². The van der Waals surface area contributed by atoms with Crippen molar-refractivity contribution in [2.24, 2.45) is 0 Å². The topological polar surface area (TPSA) is 31.0 Å². The Balaban J connectivity index is 1.96. The van der Waals surface area contributed by atoms with Crippen LogP contribution in [0.2, 0.25) is 0 Å². The molecule has 0 saturated carbocycles. The van der Waals surface area contributed by atoms with Crippen LogP contribution in [0.25, 0.3) is 10.8 Å². The van der Waals surface area contributed by atoms with Gasteiger partial charge in [0.1, 0.15) is 24.2 Å². The third-order valence-electron chi connectivity index (χ3n) is 2.88. The molecule has 1 saturated heterocycles. The lowest BCUT2D eigenvalue weighted by Gasteiger charge is -2.09. The molecule has 0 spiro atoms. The molecule has 3 rings (SSSR count). The second-order valence-electron chi connectivity index (χ2n) is 4.11. The van der Waals surface area contributed by atoms with Crippen LogP contribution in [0.3, 0.4) is 0 Å². The van der Waals surface area contributed by atoms with E-state index in [1.165, 1.54) is 0 Å². The van der Waals surface area contributed by atoms with Gasteiger partial charge < -0.3 is 14.2 Å². The van der Waals surface area contributed by atoms with E-state index < -0.39 is 0 Å². The van der Waals surface area contributed by atoms with E-state index in [1.54, 1.807) is 7.11 Å². The molecule has 0 amide bonds. The highest BCUT2D eigenvalue weighted by Crippen LogP contribution is 2.29. The van der Waals surface area contributed by atoms with Gasteiger partial charge in [0.25, 0.3) is 0 Å². The van der Waals surface area contributed by atoms with Crippen LogP contribution in [0.5, 0.6) is 11.5 Å². The zero-order valence-corrected chi connectivity index (χ0v) is 9.68. The molecule has 1 fully saturated rings. The monoisotopic (exact) mass is 230 g/mol. The van der Waals surface area contributed by atoms with Crippen LogP contribution < -0.4 is 9.47 Å². The molecular weight excluding hydrogens is 216 g/mol. The molecule has 3 nitrogen and oxygen atoms in total. The van der Waals surface area contributed by atoms with Gasteiger partial charge in [0.15, 0.2) is 0 Å². The molecule has 0 aliphatic carbocycles. The van der Waals surface area contributed by atoms with E-state index >= 15 is 0 Å². The van der Waals surface area contributed by atoms with Gasteiger partial charge in [0.2, 0.25) is 0 Å². The van der Waals surface area contributed by atoms with Crippen molar-refractivity contribution in [3.8, 4) is 11.5 Å². The van der Waals surface area contributed by atoms with Crippen molar-refractivity contribution in [1.29, 1.82) is 0 Å². The van der Waals surface area contributed by atoms with Crippen LogP contribution in [-0.4, -0.2) is 26.4 Å². The molecule has 2 aromatic rings. The van der Waals surface area contributed by atoms with Crippen molar-refractivity contribution in [1.82, 2.24) is 0 Å². The summed E-state index contributed by atoms with van der Waals surface area (Å²) >= 11 is 0. The maximum Gasteiger partial charge on any atom is 0.127 e. The summed E-state index contributed by atoms with van der Waals surface area (Å²) in [6, 6.07) is 12.0. The lowest BCUT2D eigenvalue weighted by molar-refractivity contribution is 0.265. The molecular formula is C14H14O3. The number of ether oxygens (including phenoxy) is 3. The van der Waals surface area contributed by atoms with E-state index in [9.17, 15) is 0 Å². The second kappa shape index (κ2) is 4.26. The van der Waals surface area contributed by atoms with Gasteiger partial charge in [0.05, 0.1) is 13.7 Å². The first-order chi connectivity index (χ1) is 8.36. The van der Waals surface area contributed by atoms with Gasteiger partial charge in [-0.3, -0.25) is 0 Å². The van der Waals surface area contributed by atoms with Crippen molar-refractivity contribution in [2.75, 3.05) is 20.3 Å². The molecule has 0 aromatic heterocycles. The lowest BCUT2D eigenvalue weighted by Crippen LogP contribution is -2.04. The molecule has 1 heterocycles. The fourth-order valence-corrected chi connectivity index (χ4v) is 1.82. The number of hydrogen-bond acceptors (Lipinski definition) is 3. The first-order valence-electron chi connectivity index (χ1n) is 5.68. The van der Waals surface area contributed by atoms with Crippen LogP contribution in [0, 0.1) is 0 Å². The maximum atomic E-state index is 5.76. The number of rotatable bonds is 4. The molecule has 0 bridgehead atoms. The summed E-state index contributed by atoms with van der Waals surface area (Å²) in [5.74, 6) is 1.73. The summed E-state index contributed by atoms with van der Waals surface area (Å²) in [5.41, 5.74) is 0. The number of epoxide rings is 1. The fraction of sp³-hybridized carbons (Fsp3) is 0.286.